The van der Waals surface area contributed by atoms with E-state index < -0.39 is 57.9 Å². The Morgan fingerprint density at radius 2 is 1.52 bits per heavy atom. The van der Waals surface area contributed by atoms with Crippen LogP contribution in [-0.2, 0) is 28.4 Å². The average Bonchev–Trinajstić information content (AvgIpc) is 3.12. The van der Waals surface area contributed by atoms with Crippen molar-refractivity contribution in [1.82, 2.24) is 0 Å². The number of amides is 2. The van der Waals surface area contributed by atoms with Gasteiger partial charge >= 0.3 is 24.4 Å². The number of rotatable bonds is 4. The fourth-order valence-corrected chi connectivity index (χ4v) is 3.29. The maximum Gasteiger partial charge on any atom is 0.447 e. The van der Waals surface area contributed by atoms with Gasteiger partial charge in [0.1, 0.15) is 6.54 Å². The number of nitrogens with zero attached hydrogens (tertiary/aromatic N) is 3. The van der Waals surface area contributed by atoms with Crippen LogP contribution in [0.4, 0.5) is 31.1 Å². The number of carbonyl (C=O) groups is 2. The van der Waals surface area contributed by atoms with Crippen molar-refractivity contribution in [2.24, 2.45) is 16.1 Å². The number of esters is 1. The first kappa shape index (κ1) is 23.9. The van der Waals surface area contributed by atoms with E-state index in [0.717, 1.165) is 7.11 Å². The second-order valence-electron chi connectivity index (χ2n) is 6.92. The molecule has 0 saturated carbocycles. The highest BCUT2D eigenvalue weighted by Crippen LogP contribution is 2.42. The van der Waals surface area contributed by atoms with Gasteiger partial charge in [-0.25, -0.2) is 9.59 Å². The molecule has 33 heavy (non-hydrogen) atoms. The Morgan fingerprint density at radius 1 is 0.970 bits per heavy atom. The largest absolute Gasteiger partial charge is 0.464 e. The Labute approximate surface area is 182 Å². The van der Waals surface area contributed by atoms with Gasteiger partial charge in [-0.15, -0.1) is 0 Å². The fourth-order valence-electron chi connectivity index (χ4n) is 3.29. The van der Waals surface area contributed by atoms with Gasteiger partial charge in [0.15, 0.2) is 0 Å². The third-order valence-corrected chi connectivity index (χ3v) is 4.74. The van der Waals surface area contributed by atoms with E-state index >= 15 is 0 Å². The normalized spacial score (nSPS) is 18.5. The molecule has 1 aliphatic heterocycles. The summed E-state index contributed by atoms with van der Waals surface area (Å²) in [6.45, 7) is -0.878. The van der Waals surface area contributed by atoms with E-state index in [9.17, 15) is 35.9 Å². The number of primary amides is 1. The van der Waals surface area contributed by atoms with Crippen molar-refractivity contribution in [3.05, 3.63) is 76.5 Å². The predicted octanol–water partition coefficient (Wildman–Crippen LogP) is 5.04. The summed E-state index contributed by atoms with van der Waals surface area (Å²) in [6.07, 6.45) is -10.2. The summed E-state index contributed by atoms with van der Waals surface area (Å²) in [5.74, 6) is -1.03. The molecule has 1 heterocycles. The molecule has 174 valence electrons. The predicted molar refractivity (Wildman–Crippen MR) is 100 cm³/mol. The Hall–Kier alpha value is -3.74. The maximum absolute atomic E-state index is 13.3. The van der Waals surface area contributed by atoms with Crippen LogP contribution in [0.3, 0.4) is 0 Å². The van der Waals surface area contributed by atoms with Gasteiger partial charge in [0, 0.05) is 16.4 Å². The number of benzene rings is 2. The van der Waals surface area contributed by atoms with Gasteiger partial charge in [-0.1, -0.05) is 27.9 Å². The zero-order valence-corrected chi connectivity index (χ0v) is 16.7. The van der Waals surface area contributed by atoms with Gasteiger partial charge < -0.3 is 10.5 Å². The molecule has 13 heteroatoms. The van der Waals surface area contributed by atoms with Crippen LogP contribution in [-0.4, -0.2) is 23.7 Å². The quantitative estimate of drug-likeness (QED) is 0.383. The minimum absolute atomic E-state index is 0.0442. The van der Waals surface area contributed by atoms with Gasteiger partial charge in [0.05, 0.1) is 18.2 Å². The molecule has 0 aliphatic carbocycles. The second-order valence-corrected chi connectivity index (χ2v) is 6.92. The Bertz CT molecular complexity index is 1130. The van der Waals surface area contributed by atoms with Crippen molar-refractivity contribution in [3.8, 4) is 0 Å². The summed E-state index contributed by atoms with van der Waals surface area (Å²) < 4.78 is 82.9. The molecule has 2 aromatic rings. The molecule has 0 fully saturated rings. The number of alkyl halides is 6. The number of quaternary nitrogens is 1. The lowest BCUT2D eigenvalue weighted by molar-refractivity contribution is -0.799. The summed E-state index contributed by atoms with van der Waals surface area (Å²) in [5.41, 5.74) is 1.26. The van der Waals surface area contributed by atoms with Gasteiger partial charge in [-0.3, -0.25) is 0 Å². The molecule has 0 aromatic heterocycles. The summed E-state index contributed by atoms with van der Waals surface area (Å²) >= 11 is 0. The molecule has 2 aromatic carbocycles. The Morgan fingerprint density at radius 3 is 1.97 bits per heavy atom. The Kier molecular flexibility index (Phi) is 6.02. The van der Waals surface area contributed by atoms with Crippen molar-refractivity contribution in [2.45, 2.75) is 18.9 Å². The lowest BCUT2D eigenvalue weighted by Crippen LogP contribution is -2.48. The zero-order valence-electron chi connectivity index (χ0n) is 16.7. The summed E-state index contributed by atoms with van der Waals surface area (Å²) in [7, 11) is 1.02. The van der Waals surface area contributed by atoms with E-state index in [2.05, 4.69) is 15.1 Å². The van der Waals surface area contributed by atoms with Crippen molar-refractivity contribution < 1.29 is 45.3 Å². The third-order valence-electron chi connectivity index (χ3n) is 4.74. The average molecular weight is 473 g/mol. The molecule has 0 saturated heterocycles. The lowest BCUT2D eigenvalue weighted by atomic mass is 10.0. The Balaban J connectivity index is 2.25. The number of hydrogen-bond donors (Lipinski definition) is 1. The molecule has 1 atom stereocenters. The summed E-state index contributed by atoms with van der Waals surface area (Å²) in [4.78, 5) is 24.8. The van der Waals surface area contributed by atoms with E-state index in [4.69, 9.17) is 5.73 Å². The molecular weight excluding hydrogens is 458 g/mol. The monoisotopic (exact) mass is 473 g/mol. The van der Waals surface area contributed by atoms with Crippen LogP contribution in [0.2, 0.25) is 0 Å². The number of nitrogens with two attached hydrogens (primary N) is 1. The molecule has 0 radical (unpaired) electrons. The number of hydrogen-bond acceptors (Lipinski definition) is 5. The number of ether oxygens (including phenoxy) is 1. The van der Waals surface area contributed by atoms with Crippen LogP contribution < -0.4 is 5.73 Å². The molecule has 0 bridgehead atoms. The van der Waals surface area contributed by atoms with Crippen LogP contribution in [0.1, 0.15) is 22.3 Å². The molecule has 1 unspecified atom stereocenters. The van der Waals surface area contributed by atoms with Crippen molar-refractivity contribution >= 4 is 17.7 Å². The first-order valence-electron chi connectivity index (χ1n) is 9.08. The summed E-state index contributed by atoms with van der Waals surface area (Å²) in [5, 5.41) is 7.34. The van der Waals surface area contributed by atoms with E-state index in [0.29, 0.717) is 12.1 Å². The number of carbonyl (C=O) groups excluding carboxylic acids is 2. The van der Waals surface area contributed by atoms with Crippen molar-refractivity contribution in [2.75, 3.05) is 7.11 Å². The molecule has 7 nitrogen and oxygen atoms in total. The summed E-state index contributed by atoms with van der Waals surface area (Å²) in [6, 6.07) is 7.11. The number of halogens is 6. The van der Waals surface area contributed by atoms with E-state index in [1.165, 1.54) is 24.3 Å². The van der Waals surface area contributed by atoms with Gasteiger partial charge in [-0.2, -0.15) is 26.3 Å². The van der Waals surface area contributed by atoms with Gasteiger partial charge in [-0.05, 0) is 30.3 Å². The van der Waals surface area contributed by atoms with Crippen LogP contribution >= 0.6 is 0 Å². The van der Waals surface area contributed by atoms with E-state index in [1.54, 1.807) is 6.07 Å². The van der Waals surface area contributed by atoms with Crippen molar-refractivity contribution in [1.29, 1.82) is 0 Å². The molecule has 2 amide bonds. The SMILES string of the molecule is COC(=O)C1=C(c2ccccc2)[N+](Cc2cc(C(F)(F)F)cc(C(F)(F)F)c2)(C(N)=O)N=N1. The molecular formula is C20H15F6N4O3+. The number of urea groups is 1. The molecule has 2 N–H and O–H groups in total. The van der Waals surface area contributed by atoms with Crippen LogP contribution in [0.5, 0.6) is 0 Å². The van der Waals surface area contributed by atoms with E-state index in [1.807, 2.05) is 0 Å². The molecule has 3 rings (SSSR count). The molecule has 1 aliphatic rings. The topological polar surface area (TPSA) is 94.1 Å². The standard InChI is InChI=1S/C20H14F6N4O3/c1-33-17(31)15-16(12-5-3-2-4-6-12)30(18(27)32,29-28-15)10-11-7-13(19(21,22)23)9-14(8-11)20(24,25)26/h2-9H,10H2,1H3,(H-,27,32)/p+1. The third kappa shape index (κ3) is 4.58. The first-order chi connectivity index (χ1) is 15.3. The fraction of sp³-hybridized carbons (Fsp3) is 0.200. The van der Waals surface area contributed by atoms with Crippen LogP contribution in [0.25, 0.3) is 5.70 Å². The maximum atomic E-state index is 13.3. The second kappa shape index (κ2) is 8.31. The van der Waals surface area contributed by atoms with Crippen molar-refractivity contribution in [3.63, 3.8) is 0 Å². The molecule has 0 spiro atoms. The highest BCUT2D eigenvalue weighted by atomic mass is 19.4. The van der Waals surface area contributed by atoms with Gasteiger partial charge in [0.2, 0.25) is 11.4 Å². The first-order valence-corrected chi connectivity index (χ1v) is 9.08. The highest BCUT2D eigenvalue weighted by molar-refractivity contribution is 5.97. The van der Waals surface area contributed by atoms with Crippen LogP contribution in [0.15, 0.2) is 64.6 Å². The minimum Gasteiger partial charge on any atom is -0.464 e. The lowest BCUT2D eigenvalue weighted by Gasteiger charge is -2.25. The smallest absolute Gasteiger partial charge is 0.447 e. The number of methoxy groups -OCH3 is 1. The van der Waals surface area contributed by atoms with Crippen LogP contribution in [0, 0.1) is 0 Å². The minimum atomic E-state index is -5.10. The van der Waals surface area contributed by atoms with E-state index in [-0.39, 0.29) is 17.3 Å². The highest BCUT2D eigenvalue weighted by Gasteiger charge is 2.51. The zero-order chi connectivity index (χ0) is 24.6. The van der Waals surface area contributed by atoms with Gasteiger partial charge in [0.25, 0.3) is 0 Å².